The number of nitrogens with two attached hydrogens (primary N) is 1. The van der Waals surface area contributed by atoms with E-state index in [4.69, 9.17) is 11.0 Å². The lowest BCUT2D eigenvalue weighted by molar-refractivity contribution is 0.578. The normalized spacial score (nSPS) is 11.2. The Bertz CT molecular complexity index is 773. The van der Waals surface area contributed by atoms with Crippen LogP contribution in [0.25, 0.3) is 0 Å². The van der Waals surface area contributed by atoms with Crippen LogP contribution in [0.2, 0.25) is 0 Å². The van der Waals surface area contributed by atoms with Crippen molar-refractivity contribution in [2.75, 3.05) is 5.73 Å². The number of rotatable bonds is 4. The van der Waals surface area contributed by atoms with Crippen LogP contribution in [0.1, 0.15) is 11.4 Å². The number of aryl methyl sites for hydroxylation is 1. The molecule has 2 aromatic rings. The first-order chi connectivity index (χ1) is 9.44. The summed E-state index contributed by atoms with van der Waals surface area (Å²) in [6.45, 7) is 0.0608. The SMILES string of the molecule is Cn1ccnc1CNS(=O)(=O)c1ccc(C#N)cc1N. The lowest BCUT2D eigenvalue weighted by Gasteiger charge is -2.09. The van der Waals surface area contributed by atoms with Crippen LogP contribution >= 0.6 is 0 Å². The largest absolute Gasteiger partial charge is 0.398 e. The maximum atomic E-state index is 12.1. The van der Waals surface area contributed by atoms with E-state index in [-0.39, 0.29) is 17.1 Å². The molecule has 0 saturated heterocycles. The summed E-state index contributed by atoms with van der Waals surface area (Å²) in [6, 6.07) is 5.95. The number of hydrogen-bond donors (Lipinski definition) is 2. The molecule has 7 nitrogen and oxygen atoms in total. The number of anilines is 1. The second-order valence-electron chi connectivity index (χ2n) is 4.14. The smallest absolute Gasteiger partial charge is 0.243 e. The predicted octanol–water partition coefficient (Wildman–Crippen LogP) is 0.352. The third-order valence-electron chi connectivity index (χ3n) is 2.77. The molecular formula is C12H13N5O2S. The highest BCUT2D eigenvalue weighted by Gasteiger charge is 2.18. The number of benzene rings is 1. The summed E-state index contributed by atoms with van der Waals surface area (Å²) in [5, 5.41) is 8.73. The van der Waals surface area contributed by atoms with Crippen LogP contribution in [0.5, 0.6) is 0 Å². The van der Waals surface area contributed by atoms with E-state index in [1.165, 1.54) is 18.2 Å². The first-order valence-electron chi connectivity index (χ1n) is 5.69. The van der Waals surface area contributed by atoms with Crippen molar-refractivity contribution in [2.24, 2.45) is 7.05 Å². The number of hydrogen-bond acceptors (Lipinski definition) is 5. The zero-order valence-corrected chi connectivity index (χ0v) is 11.6. The molecule has 104 valence electrons. The molecule has 3 N–H and O–H groups in total. The van der Waals surface area contributed by atoms with E-state index in [0.717, 1.165) is 0 Å². The van der Waals surface area contributed by atoms with Gasteiger partial charge in [0.1, 0.15) is 10.7 Å². The number of nitrogen functional groups attached to an aromatic ring is 1. The lowest BCUT2D eigenvalue weighted by atomic mass is 10.2. The summed E-state index contributed by atoms with van der Waals surface area (Å²) in [4.78, 5) is 3.97. The molecule has 0 bridgehead atoms. The third kappa shape index (κ3) is 2.79. The van der Waals surface area contributed by atoms with Crippen LogP contribution in [0.3, 0.4) is 0 Å². The Hall–Kier alpha value is -2.37. The van der Waals surface area contributed by atoms with Gasteiger partial charge in [0.05, 0.1) is 23.9 Å². The molecule has 0 saturated carbocycles. The van der Waals surface area contributed by atoms with E-state index in [0.29, 0.717) is 11.4 Å². The van der Waals surface area contributed by atoms with Crippen molar-refractivity contribution in [1.82, 2.24) is 14.3 Å². The van der Waals surface area contributed by atoms with Gasteiger partial charge in [0, 0.05) is 19.4 Å². The van der Waals surface area contributed by atoms with Gasteiger partial charge in [-0.25, -0.2) is 18.1 Å². The Labute approximate surface area is 116 Å². The molecule has 0 fully saturated rings. The number of nitriles is 1. The summed E-state index contributed by atoms with van der Waals surface area (Å²) in [5.74, 6) is 0.584. The lowest BCUT2D eigenvalue weighted by Crippen LogP contribution is -2.25. The van der Waals surface area contributed by atoms with Crippen molar-refractivity contribution in [2.45, 2.75) is 11.4 Å². The summed E-state index contributed by atoms with van der Waals surface area (Å²) in [5.41, 5.74) is 6.02. The van der Waals surface area contributed by atoms with Crippen LogP contribution in [-0.2, 0) is 23.6 Å². The molecule has 1 aromatic carbocycles. The zero-order chi connectivity index (χ0) is 14.8. The van der Waals surface area contributed by atoms with Gasteiger partial charge in [-0.05, 0) is 18.2 Å². The Morgan fingerprint density at radius 1 is 1.50 bits per heavy atom. The number of sulfonamides is 1. The molecule has 8 heteroatoms. The summed E-state index contributed by atoms with van der Waals surface area (Å²) in [7, 11) is -1.98. The minimum absolute atomic E-state index is 0.0383. The van der Waals surface area contributed by atoms with E-state index in [2.05, 4.69) is 9.71 Å². The average molecular weight is 291 g/mol. The fraction of sp³-hybridized carbons (Fsp3) is 0.167. The highest BCUT2D eigenvalue weighted by atomic mass is 32.2. The third-order valence-corrected chi connectivity index (χ3v) is 4.24. The van der Waals surface area contributed by atoms with Gasteiger partial charge in [-0.15, -0.1) is 0 Å². The van der Waals surface area contributed by atoms with E-state index >= 15 is 0 Å². The summed E-state index contributed by atoms with van der Waals surface area (Å²) >= 11 is 0. The topological polar surface area (TPSA) is 114 Å². The minimum atomic E-state index is -3.75. The Morgan fingerprint density at radius 3 is 2.80 bits per heavy atom. The van der Waals surface area contributed by atoms with Crippen LogP contribution in [0, 0.1) is 11.3 Å². The van der Waals surface area contributed by atoms with E-state index in [9.17, 15) is 8.42 Å². The molecule has 1 heterocycles. The molecule has 0 radical (unpaired) electrons. The second-order valence-corrected chi connectivity index (χ2v) is 5.88. The Morgan fingerprint density at radius 2 is 2.25 bits per heavy atom. The van der Waals surface area contributed by atoms with Crippen LogP contribution in [0.15, 0.2) is 35.5 Å². The molecule has 0 aliphatic carbocycles. The first kappa shape index (κ1) is 14.0. The standard InChI is InChI=1S/C12H13N5O2S/c1-17-5-4-15-12(17)8-16-20(18,19)11-3-2-9(7-13)6-10(11)14/h2-6,16H,8,14H2,1H3. The molecular weight excluding hydrogens is 278 g/mol. The van der Waals surface area contributed by atoms with Gasteiger partial charge in [0.2, 0.25) is 10.0 Å². The van der Waals surface area contributed by atoms with E-state index in [1.54, 1.807) is 24.0 Å². The van der Waals surface area contributed by atoms with Crippen molar-refractivity contribution in [3.8, 4) is 6.07 Å². The van der Waals surface area contributed by atoms with Crippen molar-refractivity contribution in [1.29, 1.82) is 5.26 Å². The Kier molecular flexibility index (Phi) is 3.74. The molecule has 0 atom stereocenters. The molecule has 1 aromatic heterocycles. The van der Waals surface area contributed by atoms with Crippen molar-refractivity contribution >= 4 is 15.7 Å². The maximum Gasteiger partial charge on any atom is 0.243 e. The quantitative estimate of drug-likeness (QED) is 0.789. The van der Waals surface area contributed by atoms with Crippen LogP contribution in [0.4, 0.5) is 5.69 Å². The van der Waals surface area contributed by atoms with Crippen molar-refractivity contribution in [3.63, 3.8) is 0 Å². The molecule has 20 heavy (non-hydrogen) atoms. The summed E-state index contributed by atoms with van der Waals surface area (Å²) < 4.78 is 28.4. The van der Waals surface area contributed by atoms with Gasteiger partial charge in [0.25, 0.3) is 0 Å². The van der Waals surface area contributed by atoms with Crippen LogP contribution < -0.4 is 10.5 Å². The van der Waals surface area contributed by atoms with Gasteiger partial charge < -0.3 is 10.3 Å². The van der Waals surface area contributed by atoms with Gasteiger partial charge in [-0.1, -0.05) is 0 Å². The minimum Gasteiger partial charge on any atom is -0.398 e. The molecule has 2 rings (SSSR count). The number of imidazole rings is 1. The predicted molar refractivity (Wildman–Crippen MR) is 72.8 cm³/mol. The number of aromatic nitrogens is 2. The average Bonchev–Trinajstić information content (AvgIpc) is 2.81. The summed E-state index contributed by atoms with van der Waals surface area (Å²) in [6.07, 6.45) is 3.30. The molecule has 0 aliphatic heterocycles. The van der Waals surface area contributed by atoms with Gasteiger partial charge in [-0.3, -0.25) is 0 Å². The highest BCUT2D eigenvalue weighted by molar-refractivity contribution is 7.89. The molecule has 0 spiro atoms. The fourth-order valence-corrected chi connectivity index (χ4v) is 2.76. The monoisotopic (exact) mass is 291 g/mol. The van der Waals surface area contributed by atoms with E-state index < -0.39 is 10.0 Å². The van der Waals surface area contributed by atoms with Crippen LogP contribution in [-0.4, -0.2) is 18.0 Å². The number of nitrogens with zero attached hydrogens (tertiary/aromatic N) is 3. The van der Waals surface area contributed by atoms with E-state index in [1.807, 2.05) is 6.07 Å². The van der Waals surface area contributed by atoms with Crippen molar-refractivity contribution in [3.05, 3.63) is 42.0 Å². The zero-order valence-electron chi connectivity index (χ0n) is 10.7. The second kappa shape index (κ2) is 5.32. The van der Waals surface area contributed by atoms with Gasteiger partial charge in [0.15, 0.2) is 0 Å². The molecule has 0 aliphatic rings. The first-order valence-corrected chi connectivity index (χ1v) is 7.18. The van der Waals surface area contributed by atoms with Gasteiger partial charge >= 0.3 is 0 Å². The fourth-order valence-electron chi connectivity index (χ4n) is 1.67. The number of nitrogens with one attached hydrogen (secondary N) is 1. The molecule has 0 unspecified atom stereocenters. The van der Waals surface area contributed by atoms with Gasteiger partial charge in [-0.2, -0.15) is 5.26 Å². The highest BCUT2D eigenvalue weighted by Crippen LogP contribution is 2.19. The molecule has 0 amide bonds. The van der Waals surface area contributed by atoms with Crippen molar-refractivity contribution < 1.29 is 8.42 Å². The maximum absolute atomic E-state index is 12.1. The Balaban J connectivity index is 2.23.